The van der Waals surface area contributed by atoms with Crippen LogP contribution in [0.15, 0.2) is 24.3 Å². The van der Waals surface area contributed by atoms with E-state index in [0.29, 0.717) is 6.54 Å². The highest BCUT2D eigenvalue weighted by Gasteiger charge is 2.30. The Bertz CT molecular complexity index is 459. The predicted octanol–water partition coefficient (Wildman–Crippen LogP) is 2.50. The number of carbonyl (C=O) groups is 1. The van der Waals surface area contributed by atoms with Gasteiger partial charge in [0.05, 0.1) is 6.54 Å². The number of halogens is 1. The summed E-state index contributed by atoms with van der Waals surface area (Å²) in [7, 11) is 0. The second-order valence-corrected chi connectivity index (χ2v) is 5.74. The number of benzene rings is 1. The SMILES string of the molecule is CCN(CC)CCCN1C(=O)CNC1c1ccc(Cl)cc1. The van der Waals surface area contributed by atoms with Crippen LogP contribution in [0.4, 0.5) is 0 Å². The molecule has 21 heavy (non-hydrogen) atoms. The highest BCUT2D eigenvalue weighted by Crippen LogP contribution is 2.24. The lowest BCUT2D eigenvalue weighted by atomic mass is 10.1. The van der Waals surface area contributed by atoms with Crippen molar-refractivity contribution >= 4 is 17.5 Å². The summed E-state index contributed by atoms with van der Waals surface area (Å²) in [5.41, 5.74) is 1.09. The Morgan fingerprint density at radius 3 is 2.57 bits per heavy atom. The summed E-state index contributed by atoms with van der Waals surface area (Å²) in [6.45, 7) is 8.69. The van der Waals surface area contributed by atoms with Gasteiger partial charge in [-0.25, -0.2) is 0 Å². The van der Waals surface area contributed by atoms with Gasteiger partial charge in [0.2, 0.25) is 5.91 Å². The van der Waals surface area contributed by atoms with Crippen molar-refractivity contribution in [1.82, 2.24) is 15.1 Å². The van der Waals surface area contributed by atoms with Gasteiger partial charge in [0.25, 0.3) is 0 Å². The minimum atomic E-state index is -0.0218. The van der Waals surface area contributed by atoms with Crippen molar-refractivity contribution in [3.63, 3.8) is 0 Å². The summed E-state index contributed by atoms with van der Waals surface area (Å²) < 4.78 is 0. The maximum Gasteiger partial charge on any atom is 0.238 e. The average Bonchev–Trinajstić information content (AvgIpc) is 2.86. The lowest BCUT2D eigenvalue weighted by Crippen LogP contribution is -2.33. The molecule has 1 amide bonds. The minimum Gasteiger partial charge on any atom is -0.322 e. The van der Waals surface area contributed by atoms with Crippen LogP contribution in [-0.2, 0) is 4.79 Å². The van der Waals surface area contributed by atoms with Crippen molar-refractivity contribution in [2.45, 2.75) is 26.4 Å². The van der Waals surface area contributed by atoms with E-state index in [1.54, 1.807) is 0 Å². The summed E-state index contributed by atoms with van der Waals surface area (Å²) in [6, 6.07) is 7.71. The van der Waals surface area contributed by atoms with E-state index < -0.39 is 0 Å². The summed E-state index contributed by atoms with van der Waals surface area (Å²) in [4.78, 5) is 16.4. The van der Waals surface area contributed by atoms with Crippen molar-refractivity contribution in [1.29, 1.82) is 0 Å². The molecule has 0 radical (unpaired) electrons. The second kappa shape index (κ2) is 7.78. The number of rotatable bonds is 7. The van der Waals surface area contributed by atoms with E-state index in [-0.39, 0.29) is 12.1 Å². The number of hydrogen-bond donors (Lipinski definition) is 1. The molecule has 0 spiro atoms. The van der Waals surface area contributed by atoms with Gasteiger partial charge in [0, 0.05) is 11.6 Å². The predicted molar refractivity (Wildman–Crippen MR) is 86.3 cm³/mol. The van der Waals surface area contributed by atoms with Gasteiger partial charge in [-0.1, -0.05) is 37.6 Å². The molecule has 1 unspecified atom stereocenters. The molecular weight excluding hydrogens is 286 g/mol. The van der Waals surface area contributed by atoms with E-state index in [4.69, 9.17) is 11.6 Å². The van der Waals surface area contributed by atoms with Gasteiger partial charge in [-0.3, -0.25) is 10.1 Å². The van der Waals surface area contributed by atoms with Crippen LogP contribution in [0.25, 0.3) is 0 Å². The van der Waals surface area contributed by atoms with Gasteiger partial charge in [-0.05, 0) is 43.8 Å². The van der Waals surface area contributed by atoms with Crippen LogP contribution >= 0.6 is 11.6 Å². The van der Waals surface area contributed by atoms with Crippen LogP contribution in [0, 0.1) is 0 Å². The quantitative estimate of drug-likeness (QED) is 0.840. The van der Waals surface area contributed by atoms with Gasteiger partial charge >= 0.3 is 0 Å². The summed E-state index contributed by atoms with van der Waals surface area (Å²) in [6.07, 6.45) is 0.977. The Hall–Kier alpha value is -1.10. The molecule has 2 rings (SSSR count). The van der Waals surface area contributed by atoms with Crippen LogP contribution in [0.5, 0.6) is 0 Å². The Labute approximate surface area is 132 Å². The molecule has 1 saturated heterocycles. The first kappa shape index (κ1) is 16.3. The summed E-state index contributed by atoms with van der Waals surface area (Å²) >= 11 is 5.93. The highest BCUT2D eigenvalue weighted by molar-refractivity contribution is 6.30. The van der Waals surface area contributed by atoms with Crippen LogP contribution in [-0.4, -0.2) is 48.4 Å². The fourth-order valence-corrected chi connectivity index (χ4v) is 2.87. The molecule has 1 heterocycles. The molecule has 116 valence electrons. The smallest absolute Gasteiger partial charge is 0.238 e. The van der Waals surface area contributed by atoms with Crippen molar-refractivity contribution in [3.8, 4) is 0 Å². The number of nitrogens with one attached hydrogen (secondary N) is 1. The molecule has 1 N–H and O–H groups in total. The maximum absolute atomic E-state index is 12.1. The molecular formula is C16H24ClN3O. The lowest BCUT2D eigenvalue weighted by molar-refractivity contribution is -0.128. The van der Waals surface area contributed by atoms with Crippen LogP contribution < -0.4 is 5.32 Å². The third-order valence-corrected chi connectivity index (χ3v) is 4.28. The van der Waals surface area contributed by atoms with Gasteiger partial charge < -0.3 is 9.80 Å². The number of nitrogens with zero attached hydrogens (tertiary/aromatic N) is 2. The molecule has 1 aliphatic rings. The molecule has 0 aliphatic carbocycles. The first-order valence-electron chi connectivity index (χ1n) is 7.66. The van der Waals surface area contributed by atoms with Gasteiger partial charge in [0.15, 0.2) is 0 Å². The zero-order valence-corrected chi connectivity index (χ0v) is 13.6. The van der Waals surface area contributed by atoms with Crippen molar-refractivity contribution in [2.75, 3.05) is 32.7 Å². The first-order valence-corrected chi connectivity index (χ1v) is 8.04. The third kappa shape index (κ3) is 4.19. The van der Waals surface area contributed by atoms with E-state index in [0.717, 1.165) is 43.2 Å². The van der Waals surface area contributed by atoms with Crippen LogP contribution in [0.3, 0.4) is 0 Å². The molecule has 0 saturated carbocycles. The Morgan fingerprint density at radius 1 is 1.29 bits per heavy atom. The zero-order valence-electron chi connectivity index (χ0n) is 12.8. The standard InChI is InChI=1S/C16H24ClN3O/c1-3-19(4-2)10-5-11-20-15(21)12-18-16(20)13-6-8-14(17)9-7-13/h6-9,16,18H,3-5,10-12H2,1-2H3. The Balaban J connectivity index is 1.95. The van der Waals surface area contributed by atoms with Crippen molar-refractivity contribution < 1.29 is 4.79 Å². The molecule has 0 bridgehead atoms. The van der Waals surface area contributed by atoms with Gasteiger partial charge in [-0.15, -0.1) is 0 Å². The van der Waals surface area contributed by atoms with Gasteiger partial charge in [-0.2, -0.15) is 0 Å². The van der Waals surface area contributed by atoms with Crippen molar-refractivity contribution in [3.05, 3.63) is 34.9 Å². The Morgan fingerprint density at radius 2 is 1.95 bits per heavy atom. The van der Waals surface area contributed by atoms with E-state index in [1.165, 1.54) is 0 Å². The van der Waals surface area contributed by atoms with E-state index in [9.17, 15) is 4.79 Å². The molecule has 1 aromatic carbocycles. The molecule has 4 nitrogen and oxygen atoms in total. The first-order chi connectivity index (χ1) is 10.2. The largest absolute Gasteiger partial charge is 0.322 e. The molecule has 0 aromatic heterocycles. The second-order valence-electron chi connectivity index (χ2n) is 5.30. The monoisotopic (exact) mass is 309 g/mol. The average molecular weight is 310 g/mol. The summed E-state index contributed by atoms with van der Waals surface area (Å²) in [5, 5.41) is 4.00. The molecule has 5 heteroatoms. The molecule has 1 aromatic rings. The number of hydrogen-bond acceptors (Lipinski definition) is 3. The van der Waals surface area contributed by atoms with Crippen molar-refractivity contribution in [2.24, 2.45) is 0 Å². The topological polar surface area (TPSA) is 35.6 Å². The molecule has 1 atom stereocenters. The summed E-state index contributed by atoms with van der Waals surface area (Å²) in [5.74, 6) is 0.175. The normalized spacial score (nSPS) is 18.8. The maximum atomic E-state index is 12.1. The molecule has 1 aliphatic heterocycles. The van der Waals surface area contributed by atoms with Gasteiger partial charge in [0.1, 0.15) is 6.17 Å². The highest BCUT2D eigenvalue weighted by atomic mass is 35.5. The van der Waals surface area contributed by atoms with Crippen LogP contribution in [0.2, 0.25) is 5.02 Å². The number of carbonyl (C=O) groups excluding carboxylic acids is 1. The minimum absolute atomic E-state index is 0.0218. The third-order valence-electron chi connectivity index (χ3n) is 4.03. The zero-order chi connectivity index (χ0) is 15.2. The number of amides is 1. The van der Waals surface area contributed by atoms with E-state index in [1.807, 2.05) is 29.2 Å². The fourth-order valence-electron chi connectivity index (χ4n) is 2.74. The fraction of sp³-hybridized carbons (Fsp3) is 0.562. The van der Waals surface area contributed by atoms with E-state index in [2.05, 4.69) is 24.1 Å². The van der Waals surface area contributed by atoms with E-state index >= 15 is 0 Å². The Kier molecular flexibility index (Phi) is 6.03. The lowest BCUT2D eigenvalue weighted by Gasteiger charge is -2.26. The molecule has 1 fully saturated rings. The van der Waals surface area contributed by atoms with Crippen LogP contribution in [0.1, 0.15) is 32.0 Å².